The first kappa shape index (κ1) is 14.6. The molecule has 0 spiro atoms. The van der Waals surface area contributed by atoms with Gasteiger partial charge in [-0.3, -0.25) is 9.59 Å². The van der Waals surface area contributed by atoms with Crippen molar-refractivity contribution < 1.29 is 9.59 Å². The van der Waals surface area contributed by atoms with Crippen LogP contribution in [-0.4, -0.2) is 17.9 Å². The van der Waals surface area contributed by atoms with E-state index in [9.17, 15) is 9.59 Å². The molecule has 4 nitrogen and oxygen atoms in total. The highest BCUT2D eigenvalue weighted by Crippen LogP contribution is 2.30. The van der Waals surface area contributed by atoms with Crippen molar-refractivity contribution in [3.8, 4) is 0 Å². The summed E-state index contributed by atoms with van der Waals surface area (Å²) in [6, 6.07) is 7.79. The largest absolute Gasteiger partial charge is 0.347 e. The zero-order valence-corrected chi connectivity index (χ0v) is 12.3. The Hall–Kier alpha value is -1.84. The van der Waals surface area contributed by atoms with Crippen LogP contribution >= 0.6 is 0 Å². The quantitative estimate of drug-likeness (QED) is 0.881. The van der Waals surface area contributed by atoms with Crippen LogP contribution in [-0.2, 0) is 16.0 Å². The summed E-state index contributed by atoms with van der Waals surface area (Å²) < 4.78 is 0. The summed E-state index contributed by atoms with van der Waals surface area (Å²) in [5, 5.41) is 5.79. The van der Waals surface area contributed by atoms with Gasteiger partial charge < -0.3 is 10.6 Å². The van der Waals surface area contributed by atoms with E-state index in [1.54, 1.807) is 0 Å². The third-order valence-electron chi connectivity index (χ3n) is 3.76. The van der Waals surface area contributed by atoms with Crippen molar-refractivity contribution in [2.75, 3.05) is 0 Å². The zero-order chi connectivity index (χ0) is 14.7. The maximum absolute atomic E-state index is 12.4. The lowest BCUT2D eigenvalue weighted by atomic mass is 10.0. The average molecular weight is 274 g/mol. The van der Waals surface area contributed by atoms with Gasteiger partial charge in [0.25, 0.3) is 0 Å². The van der Waals surface area contributed by atoms with Crippen LogP contribution in [0, 0.1) is 5.92 Å². The molecule has 1 aliphatic carbocycles. The Labute approximate surface area is 119 Å². The van der Waals surface area contributed by atoms with E-state index in [4.69, 9.17) is 0 Å². The van der Waals surface area contributed by atoms with Crippen LogP contribution in [0.25, 0.3) is 0 Å². The van der Waals surface area contributed by atoms with Crippen molar-refractivity contribution in [2.45, 2.75) is 45.7 Å². The monoisotopic (exact) mass is 274 g/mol. The van der Waals surface area contributed by atoms with Crippen LogP contribution in [0.1, 0.15) is 44.4 Å². The first-order valence-corrected chi connectivity index (χ1v) is 7.14. The fraction of sp³-hybridized carbons (Fsp3) is 0.500. The lowest BCUT2D eigenvalue weighted by Gasteiger charge is -2.23. The maximum atomic E-state index is 12.4. The molecule has 0 aliphatic heterocycles. The summed E-state index contributed by atoms with van der Waals surface area (Å²) in [6.45, 7) is 5.30. The molecule has 2 rings (SSSR count). The third-order valence-corrected chi connectivity index (χ3v) is 3.76. The molecule has 108 valence electrons. The fourth-order valence-electron chi connectivity index (χ4n) is 2.72. The van der Waals surface area contributed by atoms with E-state index >= 15 is 0 Å². The van der Waals surface area contributed by atoms with E-state index in [0.29, 0.717) is 0 Å². The molecule has 0 saturated carbocycles. The number of amides is 2. The van der Waals surface area contributed by atoms with Crippen LogP contribution in [0.3, 0.4) is 0 Å². The molecule has 0 fully saturated rings. The Kier molecular flexibility index (Phi) is 4.42. The summed E-state index contributed by atoms with van der Waals surface area (Å²) in [7, 11) is 0. The number of hydrogen-bond acceptors (Lipinski definition) is 2. The molecule has 1 aliphatic rings. The zero-order valence-electron chi connectivity index (χ0n) is 12.3. The number of fused-ring (bicyclic) bond motifs is 1. The molecule has 0 heterocycles. The molecule has 2 amide bonds. The number of hydrogen-bond donors (Lipinski definition) is 2. The van der Waals surface area contributed by atoms with Crippen LogP contribution in [0.4, 0.5) is 0 Å². The smallest absolute Gasteiger partial charge is 0.243 e. The van der Waals surface area contributed by atoms with Crippen molar-refractivity contribution in [3.63, 3.8) is 0 Å². The summed E-state index contributed by atoms with van der Waals surface area (Å²) in [5.74, 6) is -0.210. The Morgan fingerprint density at radius 1 is 1.25 bits per heavy atom. The van der Waals surface area contributed by atoms with Gasteiger partial charge in [0.2, 0.25) is 11.8 Å². The van der Waals surface area contributed by atoms with Crippen LogP contribution < -0.4 is 10.6 Å². The average Bonchev–Trinajstić information content (AvgIpc) is 2.79. The molecule has 0 unspecified atom stereocenters. The standard InChI is InChI=1S/C16H22N2O2/c1-10(2)15(17-11(3)19)16(20)18-14-9-8-12-6-4-5-7-13(12)14/h4-7,10,14-15H,8-9H2,1-3H3,(H,17,19)(H,18,20)/t14-,15-/m0/s1. The Morgan fingerprint density at radius 3 is 2.60 bits per heavy atom. The first-order valence-electron chi connectivity index (χ1n) is 7.14. The summed E-state index contributed by atoms with van der Waals surface area (Å²) in [4.78, 5) is 23.6. The molecule has 2 N–H and O–H groups in total. The van der Waals surface area contributed by atoms with Gasteiger partial charge in [-0.2, -0.15) is 0 Å². The Bertz CT molecular complexity index is 511. The Balaban J connectivity index is 2.06. The second-order valence-electron chi connectivity index (χ2n) is 5.72. The Morgan fingerprint density at radius 2 is 1.95 bits per heavy atom. The van der Waals surface area contributed by atoms with E-state index in [0.717, 1.165) is 12.8 Å². The van der Waals surface area contributed by atoms with Gasteiger partial charge >= 0.3 is 0 Å². The maximum Gasteiger partial charge on any atom is 0.243 e. The first-order chi connectivity index (χ1) is 9.49. The minimum Gasteiger partial charge on any atom is -0.347 e. The van der Waals surface area contributed by atoms with Crippen molar-refractivity contribution in [1.82, 2.24) is 10.6 Å². The molecule has 2 atom stereocenters. The minimum atomic E-state index is -0.472. The lowest BCUT2D eigenvalue weighted by Crippen LogP contribution is -2.49. The second kappa shape index (κ2) is 6.07. The van der Waals surface area contributed by atoms with Gasteiger partial charge in [0.05, 0.1) is 6.04 Å². The van der Waals surface area contributed by atoms with Gasteiger partial charge in [-0.25, -0.2) is 0 Å². The number of carbonyl (C=O) groups excluding carboxylic acids is 2. The van der Waals surface area contributed by atoms with Gasteiger partial charge in [-0.05, 0) is 29.9 Å². The highest BCUT2D eigenvalue weighted by molar-refractivity contribution is 5.87. The van der Waals surface area contributed by atoms with E-state index in [-0.39, 0.29) is 23.8 Å². The second-order valence-corrected chi connectivity index (χ2v) is 5.72. The van der Waals surface area contributed by atoms with E-state index < -0.39 is 6.04 Å². The molecule has 1 aromatic rings. The van der Waals surface area contributed by atoms with E-state index in [2.05, 4.69) is 22.8 Å². The molecule has 4 heteroatoms. The number of rotatable bonds is 4. The lowest BCUT2D eigenvalue weighted by molar-refractivity contribution is -0.129. The van der Waals surface area contributed by atoms with Crippen molar-refractivity contribution >= 4 is 11.8 Å². The van der Waals surface area contributed by atoms with Gasteiger partial charge in [0.15, 0.2) is 0 Å². The molecular formula is C16H22N2O2. The summed E-state index contributed by atoms with van der Waals surface area (Å²) >= 11 is 0. The molecule has 0 bridgehead atoms. The molecule has 0 radical (unpaired) electrons. The van der Waals surface area contributed by atoms with Gasteiger partial charge in [0.1, 0.15) is 6.04 Å². The van der Waals surface area contributed by atoms with Crippen LogP contribution in [0.2, 0.25) is 0 Å². The molecule has 0 aromatic heterocycles. The molecular weight excluding hydrogens is 252 g/mol. The highest BCUT2D eigenvalue weighted by Gasteiger charge is 2.28. The number of aryl methyl sites for hydroxylation is 1. The molecule has 20 heavy (non-hydrogen) atoms. The van der Waals surface area contributed by atoms with Gasteiger partial charge in [-0.15, -0.1) is 0 Å². The number of benzene rings is 1. The predicted molar refractivity (Wildman–Crippen MR) is 78.1 cm³/mol. The summed E-state index contributed by atoms with van der Waals surface area (Å²) in [6.07, 6.45) is 1.92. The molecule has 0 saturated heterocycles. The number of nitrogens with one attached hydrogen (secondary N) is 2. The predicted octanol–water partition coefficient (Wildman–Crippen LogP) is 1.95. The highest BCUT2D eigenvalue weighted by atomic mass is 16.2. The van der Waals surface area contributed by atoms with Gasteiger partial charge in [-0.1, -0.05) is 38.1 Å². The van der Waals surface area contributed by atoms with Crippen LogP contribution in [0.15, 0.2) is 24.3 Å². The summed E-state index contributed by atoms with van der Waals surface area (Å²) in [5.41, 5.74) is 2.50. The normalized spacial score (nSPS) is 18.5. The van der Waals surface area contributed by atoms with E-state index in [1.165, 1.54) is 18.1 Å². The third kappa shape index (κ3) is 3.18. The van der Waals surface area contributed by atoms with Crippen molar-refractivity contribution in [2.24, 2.45) is 5.92 Å². The van der Waals surface area contributed by atoms with Gasteiger partial charge in [0, 0.05) is 6.92 Å². The van der Waals surface area contributed by atoms with Crippen molar-refractivity contribution in [3.05, 3.63) is 35.4 Å². The number of carbonyl (C=O) groups is 2. The fourth-order valence-corrected chi connectivity index (χ4v) is 2.72. The van der Waals surface area contributed by atoms with Crippen LogP contribution in [0.5, 0.6) is 0 Å². The van der Waals surface area contributed by atoms with Crippen molar-refractivity contribution in [1.29, 1.82) is 0 Å². The topological polar surface area (TPSA) is 58.2 Å². The SMILES string of the molecule is CC(=O)N[C@H](C(=O)N[C@H]1CCc2ccccc21)C(C)C. The van der Waals surface area contributed by atoms with E-state index in [1.807, 2.05) is 26.0 Å². The minimum absolute atomic E-state index is 0.0636. The molecule has 1 aromatic carbocycles.